The van der Waals surface area contributed by atoms with Gasteiger partial charge in [-0.3, -0.25) is 0 Å². The number of hydrogen-bond donors (Lipinski definition) is 1. The lowest BCUT2D eigenvalue weighted by atomic mass is 9.85. The Hall–Kier alpha value is -1.13. The monoisotopic (exact) mass is 464 g/mol. The minimum absolute atomic E-state index is 0.0240. The summed E-state index contributed by atoms with van der Waals surface area (Å²) in [6.07, 6.45) is 12.3. The molecule has 0 heterocycles. The maximum atomic E-state index is 12.2. The molecule has 1 N–H and O–H groups in total. The summed E-state index contributed by atoms with van der Waals surface area (Å²) >= 11 is 0. The summed E-state index contributed by atoms with van der Waals surface area (Å²) in [4.78, 5) is 12.2. The highest BCUT2D eigenvalue weighted by atomic mass is 28.4. The van der Waals surface area contributed by atoms with Crippen LogP contribution in [0.25, 0.3) is 0 Å². The quantitative estimate of drug-likeness (QED) is 0.159. The number of hydrogen-bond acceptors (Lipinski definition) is 2. The third-order valence-electron chi connectivity index (χ3n) is 6.84. The van der Waals surface area contributed by atoms with E-state index in [0.29, 0.717) is 24.2 Å². The fraction of sp³-hybridized carbons (Fsp3) is 0.750. The van der Waals surface area contributed by atoms with Crippen LogP contribution in [0.2, 0.25) is 18.1 Å². The summed E-state index contributed by atoms with van der Waals surface area (Å²) < 4.78 is 6.40. The van der Waals surface area contributed by atoms with Crippen molar-refractivity contribution in [2.75, 3.05) is 0 Å². The van der Waals surface area contributed by atoms with Crippen molar-refractivity contribution in [3.8, 4) is 0 Å². The number of aliphatic carboxylic acids is 1. The molecule has 0 aromatic carbocycles. The Morgan fingerprint density at radius 1 is 1.03 bits per heavy atom. The molecule has 0 amide bonds. The highest BCUT2D eigenvalue weighted by molar-refractivity contribution is 6.74. The zero-order valence-corrected chi connectivity index (χ0v) is 23.9. The number of carboxylic acids is 1. The van der Waals surface area contributed by atoms with E-state index >= 15 is 0 Å². The van der Waals surface area contributed by atoms with E-state index < -0.39 is 19.9 Å². The molecule has 0 radical (unpaired) electrons. The lowest BCUT2D eigenvalue weighted by Crippen LogP contribution is -2.52. The topological polar surface area (TPSA) is 46.5 Å². The number of carbonyl (C=O) groups is 1. The van der Waals surface area contributed by atoms with Gasteiger partial charge in [-0.1, -0.05) is 84.9 Å². The average Bonchev–Trinajstić information content (AvgIpc) is 2.57. The van der Waals surface area contributed by atoms with Crippen LogP contribution in [0, 0.1) is 23.7 Å². The molecule has 186 valence electrons. The van der Waals surface area contributed by atoms with Gasteiger partial charge in [-0.05, 0) is 81.3 Å². The molecule has 3 nitrogen and oxygen atoms in total. The van der Waals surface area contributed by atoms with Crippen molar-refractivity contribution < 1.29 is 14.3 Å². The van der Waals surface area contributed by atoms with Crippen molar-refractivity contribution in [1.82, 2.24) is 0 Å². The highest BCUT2D eigenvalue weighted by Gasteiger charge is 2.46. The largest absolute Gasteiger partial charge is 0.479 e. The third-order valence-corrected chi connectivity index (χ3v) is 11.4. The summed E-state index contributed by atoms with van der Waals surface area (Å²) in [6.45, 7) is 27.4. The second-order valence-corrected chi connectivity index (χ2v) is 16.8. The van der Waals surface area contributed by atoms with Crippen molar-refractivity contribution in [3.05, 3.63) is 36.5 Å². The second kappa shape index (κ2) is 12.9. The standard InChI is InChI=1S/C28H52O3Si/c1-13-14-15-21(2)16-22(3)17-23(4)18-24(5)19-25(6)20-28(10,26(29)30)31-32(11,12)27(7,8)9/h13-15,19,21-23,25H,1,16-18,20H2,2-12H3,(H,29,30). The molecule has 0 aromatic rings. The maximum absolute atomic E-state index is 12.2. The molecule has 5 atom stereocenters. The normalized spacial score (nSPS) is 19.3. The molecule has 0 rings (SSSR count). The van der Waals surface area contributed by atoms with Crippen molar-refractivity contribution >= 4 is 14.3 Å². The van der Waals surface area contributed by atoms with Gasteiger partial charge in [0.2, 0.25) is 0 Å². The van der Waals surface area contributed by atoms with Crippen LogP contribution >= 0.6 is 0 Å². The Balaban J connectivity index is 5.02. The van der Waals surface area contributed by atoms with Crippen LogP contribution in [0.15, 0.2) is 36.5 Å². The lowest BCUT2D eigenvalue weighted by molar-refractivity contribution is -0.156. The van der Waals surface area contributed by atoms with E-state index in [9.17, 15) is 9.90 Å². The van der Waals surface area contributed by atoms with Crippen molar-refractivity contribution in [1.29, 1.82) is 0 Å². The van der Waals surface area contributed by atoms with E-state index in [4.69, 9.17) is 4.43 Å². The minimum atomic E-state index is -2.19. The van der Waals surface area contributed by atoms with Gasteiger partial charge >= 0.3 is 5.97 Å². The van der Waals surface area contributed by atoms with Gasteiger partial charge in [-0.15, -0.1) is 0 Å². The van der Waals surface area contributed by atoms with Crippen LogP contribution in [0.1, 0.15) is 88.0 Å². The van der Waals surface area contributed by atoms with Crippen LogP contribution in [0.4, 0.5) is 0 Å². The van der Waals surface area contributed by atoms with E-state index in [-0.39, 0.29) is 11.0 Å². The first-order valence-corrected chi connectivity index (χ1v) is 15.2. The zero-order chi connectivity index (χ0) is 25.3. The number of allylic oxidation sites excluding steroid dienone is 5. The maximum Gasteiger partial charge on any atom is 0.334 e. The van der Waals surface area contributed by atoms with Crippen LogP contribution in [0.5, 0.6) is 0 Å². The van der Waals surface area contributed by atoms with Gasteiger partial charge in [-0.2, -0.15) is 0 Å². The van der Waals surface area contributed by atoms with Gasteiger partial charge < -0.3 is 9.53 Å². The molecule has 0 spiro atoms. The Bertz CT molecular complexity index is 656. The Morgan fingerprint density at radius 3 is 2.06 bits per heavy atom. The summed E-state index contributed by atoms with van der Waals surface area (Å²) in [5.41, 5.74) is 0.186. The molecular weight excluding hydrogens is 412 g/mol. The first-order chi connectivity index (χ1) is 14.4. The fourth-order valence-corrected chi connectivity index (χ4v) is 6.12. The van der Waals surface area contributed by atoms with E-state index in [0.717, 1.165) is 6.42 Å². The molecule has 0 saturated heterocycles. The predicted molar refractivity (Wildman–Crippen MR) is 143 cm³/mol. The third kappa shape index (κ3) is 11.1. The molecule has 0 aliphatic heterocycles. The highest BCUT2D eigenvalue weighted by Crippen LogP contribution is 2.40. The van der Waals surface area contributed by atoms with Crippen LogP contribution in [-0.4, -0.2) is 25.0 Å². The molecule has 0 aliphatic carbocycles. The smallest absolute Gasteiger partial charge is 0.334 e. The Labute approximate surface area is 200 Å². The van der Waals surface area contributed by atoms with Crippen LogP contribution < -0.4 is 0 Å². The van der Waals surface area contributed by atoms with E-state index in [1.54, 1.807) is 6.92 Å². The molecule has 32 heavy (non-hydrogen) atoms. The van der Waals surface area contributed by atoms with E-state index in [2.05, 4.69) is 87.2 Å². The van der Waals surface area contributed by atoms with Gasteiger partial charge in [0.05, 0.1) is 0 Å². The second-order valence-electron chi connectivity index (χ2n) is 12.1. The van der Waals surface area contributed by atoms with Gasteiger partial charge in [0.25, 0.3) is 0 Å². The zero-order valence-electron chi connectivity index (χ0n) is 22.9. The molecule has 5 unspecified atom stereocenters. The lowest BCUT2D eigenvalue weighted by Gasteiger charge is -2.43. The van der Waals surface area contributed by atoms with Gasteiger partial charge in [0.1, 0.15) is 0 Å². The molecule has 0 saturated carbocycles. The van der Waals surface area contributed by atoms with Crippen molar-refractivity contribution in [3.63, 3.8) is 0 Å². The fourth-order valence-electron chi connectivity index (χ4n) is 4.51. The van der Waals surface area contributed by atoms with Gasteiger partial charge in [0.15, 0.2) is 13.9 Å². The molecule has 0 aromatic heterocycles. The summed E-state index contributed by atoms with van der Waals surface area (Å²) in [7, 11) is -2.19. The molecular formula is C28H52O3Si. The molecule has 0 aliphatic rings. The Kier molecular flexibility index (Phi) is 12.5. The number of carboxylic acid groups (broad SMARTS) is 1. The van der Waals surface area contributed by atoms with Crippen LogP contribution in [0.3, 0.4) is 0 Å². The van der Waals surface area contributed by atoms with Gasteiger partial charge in [-0.25, -0.2) is 4.79 Å². The Morgan fingerprint density at radius 2 is 1.59 bits per heavy atom. The summed E-state index contributed by atoms with van der Waals surface area (Å²) in [5, 5.41) is 9.96. The van der Waals surface area contributed by atoms with E-state index in [1.807, 2.05) is 12.2 Å². The van der Waals surface area contributed by atoms with E-state index in [1.165, 1.54) is 18.4 Å². The first kappa shape index (κ1) is 30.9. The molecule has 0 bridgehead atoms. The predicted octanol–water partition coefficient (Wildman–Crippen LogP) is 8.64. The number of rotatable bonds is 14. The first-order valence-electron chi connectivity index (χ1n) is 12.3. The molecule has 4 heteroatoms. The SMILES string of the molecule is C=CC=CC(C)CC(C)CC(C)CC(C)=CC(C)CC(C)(O[Si](C)(C)C(C)(C)C)C(=O)O. The molecule has 0 fully saturated rings. The van der Waals surface area contributed by atoms with Crippen LogP contribution in [-0.2, 0) is 9.22 Å². The van der Waals surface area contributed by atoms with Gasteiger partial charge in [0, 0.05) is 0 Å². The summed E-state index contributed by atoms with van der Waals surface area (Å²) in [5.74, 6) is 1.14. The van der Waals surface area contributed by atoms with Crippen molar-refractivity contribution in [2.45, 2.75) is 112 Å². The minimum Gasteiger partial charge on any atom is -0.479 e. The average molecular weight is 465 g/mol. The van der Waals surface area contributed by atoms with Crippen molar-refractivity contribution in [2.24, 2.45) is 23.7 Å². The summed E-state index contributed by atoms with van der Waals surface area (Å²) in [6, 6.07) is 0.